The van der Waals surface area contributed by atoms with Crippen LogP contribution in [0.1, 0.15) is 198 Å². The van der Waals surface area contributed by atoms with Gasteiger partial charge in [0.05, 0.1) is 0 Å². The monoisotopic (exact) mass is 804 g/mol. The molecule has 2 atom stereocenters. The molecule has 0 saturated heterocycles. The second-order valence-electron chi connectivity index (χ2n) is 19.9. The average molecular weight is 804 g/mol. The second kappa shape index (κ2) is 17.6. The van der Waals surface area contributed by atoms with Gasteiger partial charge in [-0.1, -0.05) is 186 Å². The molecule has 0 bridgehead atoms. The molecule has 1 heterocycles. The highest BCUT2D eigenvalue weighted by Crippen LogP contribution is 2.53. The summed E-state index contributed by atoms with van der Waals surface area (Å²) >= 11 is 0. The highest BCUT2D eigenvalue weighted by molar-refractivity contribution is 6.02. The maximum Gasteiger partial charge on any atom is 0.245 e. The van der Waals surface area contributed by atoms with Crippen molar-refractivity contribution in [2.45, 2.75) is 164 Å². The Hall–Kier alpha value is -4.69. The molecule has 1 aliphatic heterocycles. The zero-order chi connectivity index (χ0) is 40.5. The Bertz CT molecular complexity index is 2460. The molecule has 5 aliphatic rings. The van der Waals surface area contributed by atoms with Gasteiger partial charge in [0.2, 0.25) is 6.34 Å². The molecule has 61 heavy (non-hydrogen) atoms. The van der Waals surface area contributed by atoms with Gasteiger partial charge in [0, 0.05) is 33.0 Å². The van der Waals surface area contributed by atoms with E-state index < -0.39 is 0 Å². The fourth-order valence-corrected chi connectivity index (χ4v) is 13.1. The molecule has 0 aromatic heterocycles. The summed E-state index contributed by atoms with van der Waals surface area (Å²) < 4.78 is 2.83. The largest absolute Gasteiger partial charge is 0.245 e. The smallest absolute Gasteiger partial charge is 0.221 e. The van der Waals surface area contributed by atoms with Gasteiger partial charge in [0.25, 0.3) is 0 Å². The fourth-order valence-electron chi connectivity index (χ4n) is 13.1. The third-order valence-corrected chi connectivity index (χ3v) is 16.3. The van der Waals surface area contributed by atoms with Crippen molar-refractivity contribution in [3.63, 3.8) is 0 Å². The standard InChI is InChI=1S/C59H67N2/c1-7-19-42(20-8-1)50-33-31-46-35-37-52(44-23-11-3-12-24-44)58(54(46)39-50)60-41-61(57(49-29-17-6-18-30-49)56(60)48-27-15-5-16-28-48)59-53(45-25-13-4-14-26-45)38-36-47-32-34-51(40-55(47)59)43-21-9-2-10-22-43/h5-6,15-18,27-45,56-57H,1-4,7-14,19-26H2/q+1/t56-,57-/m1/s1. The maximum atomic E-state index is 2.83. The Morgan fingerprint density at radius 1 is 0.377 bits per heavy atom. The summed E-state index contributed by atoms with van der Waals surface area (Å²) in [6, 6.07) is 48.8. The molecule has 4 aliphatic carbocycles. The third-order valence-electron chi connectivity index (χ3n) is 16.3. The Morgan fingerprint density at radius 2 is 0.820 bits per heavy atom. The fraction of sp³-hybridized carbons (Fsp3) is 0.441. The molecular weight excluding hydrogens is 737 g/mol. The van der Waals surface area contributed by atoms with Gasteiger partial charge in [0.15, 0.2) is 12.1 Å². The van der Waals surface area contributed by atoms with Gasteiger partial charge < -0.3 is 0 Å². The zero-order valence-corrected chi connectivity index (χ0v) is 36.6. The minimum atomic E-state index is 0.0888. The van der Waals surface area contributed by atoms with Gasteiger partial charge in [-0.25, -0.2) is 9.48 Å². The lowest BCUT2D eigenvalue weighted by Gasteiger charge is -2.30. The summed E-state index contributed by atoms with van der Waals surface area (Å²) in [5.74, 6) is 2.48. The van der Waals surface area contributed by atoms with Crippen LogP contribution in [0.3, 0.4) is 0 Å². The Kier molecular flexibility index (Phi) is 11.3. The number of nitrogens with zero attached hydrogens (tertiary/aromatic N) is 2. The van der Waals surface area contributed by atoms with Crippen LogP contribution in [0.5, 0.6) is 0 Å². The quantitative estimate of drug-likeness (QED) is 0.139. The van der Waals surface area contributed by atoms with E-state index in [1.54, 1.807) is 22.3 Å². The molecular formula is C59H67N2+. The van der Waals surface area contributed by atoms with Crippen LogP contribution in [0.25, 0.3) is 21.5 Å². The van der Waals surface area contributed by atoms with Crippen molar-refractivity contribution >= 4 is 39.3 Å². The highest BCUT2D eigenvalue weighted by Gasteiger charge is 2.48. The van der Waals surface area contributed by atoms with Crippen molar-refractivity contribution in [1.82, 2.24) is 0 Å². The Morgan fingerprint density at radius 3 is 1.38 bits per heavy atom. The lowest BCUT2D eigenvalue weighted by molar-refractivity contribution is -0.480. The summed E-state index contributed by atoms with van der Waals surface area (Å²) in [7, 11) is 0. The number of hydrogen-bond acceptors (Lipinski definition) is 1. The van der Waals surface area contributed by atoms with E-state index in [2.05, 4.69) is 137 Å². The molecule has 4 fully saturated rings. The predicted octanol–water partition coefficient (Wildman–Crippen LogP) is 16.9. The van der Waals surface area contributed by atoms with Gasteiger partial charge in [0.1, 0.15) is 11.4 Å². The minimum absolute atomic E-state index is 0.0888. The molecule has 6 aromatic rings. The first-order valence-electron chi connectivity index (χ1n) is 24.9. The van der Waals surface area contributed by atoms with Crippen LogP contribution < -0.4 is 4.90 Å². The first kappa shape index (κ1) is 39.2. The van der Waals surface area contributed by atoms with Crippen molar-refractivity contribution in [2.24, 2.45) is 0 Å². The molecule has 2 heteroatoms. The number of benzene rings is 6. The summed E-state index contributed by atoms with van der Waals surface area (Å²) in [6.45, 7) is 0. The van der Waals surface area contributed by atoms with Crippen LogP contribution in [0.2, 0.25) is 0 Å². The normalized spacial score (nSPS) is 22.6. The second-order valence-corrected chi connectivity index (χ2v) is 19.9. The van der Waals surface area contributed by atoms with E-state index in [0.717, 1.165) is 0 Å². The Balaban J connectivity index is 1.20. The van der Waals surface area contributed by atoms with Gasteiger partial charge in [-0.3, -0.25) is 0 Å². The molecule has 4 saturated carbocycles. The molecule has 6 aromatic carbocycles. The number of rotatable bonds is 8. The summed E-state index contributed by atoms with van der Waals surface area (Å²) in [4.78, 5) is 2.83. The highest BCUT2D eigenvalue weighted by atomic mass is 15.3. The average Bonchev–Trinajstić information content (AvgIpc) is 3.74. The van der Waals surface area contributed by atoms with Crippen LogP contribution in [0.4, 0.5) is 11.4 Å². The van der Waals surface area contributed by atoms with Crippen LogP contribution in [-0.4, -0.2) is 10.9 Å². The molecule has 0 N–H and O–H groups in total. The molecule has 0 spiro atoms. The van der Waals surface area contributed by atoms with Crippen molar-refractivity contribution in [3.8, 4) is 0 Å². The van der Waals surface area contributed by atoms with Crippen molar-refractivity contribution < 1.29 is 4.58 Å². The first-order chi connectivity index (χ1) is 30.3. The molecule has 11 rings (SSSR count). The van der Waals surface area contributed by atoms with Crippen molar-refractivity contribution in [3.05, 3.63) is 155 Å². The van der Waals surface area contributed by atoms with E-state index in [1.807, 2.05) is 0 Å². The van der Waals surface area contributed by atoms with E-state index in [9.17, 15) is 0 Å². The zero-order valence-electron chi connectivity index (χ0n) is 36.6. The SMILES string of the molecule is C1=[N+](c2c(C3CCCCC3)ccc3ccc(C4CCCCC4)cc23)[C@H](c2ccccc2)[C@@H](c2ccccc2)N1c1c(C2CCCCC2)ccc2ccc(C3CCCCC3)cc12. The van der Waals surface area contributed by atoms with Crippen LogP contribution in [0.15, 0.2) is 121 Å². The van der Waals surface area contributed by atoms with Gasteiger partial charge >= 0.3 is 0 Å². The van der Waals surface area contributed by atoms with Crippen molar-refractivity contribution in [1.29, 1.82) is 0 Å². The van der Waals surface area contributed by atoms with Crippen LogP contribution >= 0.6 is 0 Å². The number of fused-ring (bicyclic) bond motifs is 2. The van der Waals surface area contributed by atoms with E-state index >= 15 is 0 Å². The molecule has 312 valence electrons. The molecule has 0 unspecified atom stereocenters. The molecule has 0 radical (unpaired) electrons. The topological polar surface area (TPSA) is 6.25 Å². The van der Waals surface area contributed by atoms with E-state index in [0.29, 0.717) is 23.7 Å². The predicted molar refractivity (Wildman–Crippen MR) is 258 cm³/mol. The van der Waals surface area contributed by atoms with Gasteiger partial charge in [-0.15, -0.1) is 0 Å². The minimum Gasteiger partial charge on any atom is -0.221 e. The summed E-state index contributed by atoms with van der Waals surface area (Å²) in [5.41, 5.74) is 12.0. The molecule has 0 amide bonds. The van der Waals surface area contributed by atoms with E-state index in [1.165, 1.54) is 172 Å². The Labute approximate surface area is 366 Å². The molecule has 2 nitrogen and oxygen atoms in total. The first-order valence-corrected chi connectivity index (χ1v) is 24.9. The van der Waals surface area contributed by atoms with Crippen LogP contribution in [-0.2, 0) is 0 Å². The lowest BCUT2D eigenvalue weighted by Crippen LogP contribution is -2.28. The number of hydrogen-bond donors (Lipinski definition) is 0. The maximum absolute atomic E-state index is 2.83. The summed E-state index contributed by atoms with van der Waals surface area (Å²) in [5, 5.41) is 5.69. The van der Waals surface area contributed by atoms with Gasteiger partial charge in [-0.2, -0.15) is 0 Å². The lowest BCUT2D eigenvalue weighted by atomic mass is 9.80. The number of anilines is 1. The van der Waals surface area contributed by atoms with Crippen molar-refractivity contribution in [2.75, 3.05) is 4.90 Å². The van der Waals surface area contributed by atoms with Crippen LogP contribution in [0, 0.1) is 0 Å². The summed E-state index contributed by atoms with van der Waals surface area (Å²) in [6.07, 6.45) is 29.4. The van der Waals surface area contributed by atoms with E-state index in [-0.39, 0.29) is 12.1 Å². The third kappa shape index (κ3) is 7.65. The van der Waals surface area contributed by atoms with E-state index in [4.69, 9.17) is 0 Å². The van der Waals surface area contributed by atoms with Gasteiger partial charge in [-0.05, 0) is 109 Å².